The van der Waals surface area contributed by atoms with E-state index in [9.17, 15) is 10.2 Å². The number of aromatic nitrogens is 2. The smallest absolute Gasteiger partial charge is 0.198 e. The van der Waals surface area contributed by atoms with E-state index in [0.29, 0.717) is 22.5 Å². The molecule has 6 heteroatoms. The number of benzene rings is 4. The van der Waals surface area contributed by atoms with Crippen molar-refractivity contribution < 1.29 is 10.2 Å². The van der Waals surface area contributed by atoms with Gasteiger partial charge in [0.05, 0.1) is 11.4 Å². The van der Waals surface area contributed by atoms with Crippen LogP contribution in [0.25, 0.3) is 22.5 Å². The largest absolute Gasteiger partial charge is 0.507 e. The molecule has 38 heavy (non-hydrogen) atoms. The fraction of sp³-hybridized carbons (Fsp3) is 0.0625. The third kappa shape index (κ3) is 5.50. The van der Waals surface area contributed by atoms with Crippen LogP contribution in [-0.2, 0) is 0 Å². The summed E-state index contributed by atoms with van der Waals surface area (Å²) in [4.78, 5) is 19.1. The predicted octanol–water partition coefficient (Wildman–Crippen LogP) is 7.34. The van der Waals surface area contributed by atoms with Crippen molar-refractivity contribution in [1.82, 2.24) is 9.97 Å². The highest BCUT2D eigenvalue weighted by molar-refractivity contribution is 5.90. The van der Waals surface area contributed by atoms with Crippen LogP contribution in [0.15, 0.2) is 107 Å². The van der Waals surface area contributed by atoms with Crippen molar-refractivity contribution in [2.45, 2.75) is 13.8 Å². The zero-order valence-electron chi connectivity index (χ0n) is 21.1. The molecule has 0 aliphatic carbocycles. The SMILES string of the molecule is Cc1ccc(O)c(C=Nc2nc(-c3ccccc3)c(-c3ccccc3)nc2N=Cc2cc(C)ccc2O)c1. The van der Waals surface area contributed by atoms with Crippen LogP contribution >= 0.6 is 0 Å². The van der Waals surface area contributed by atoms with Crippen LogP contribution < -0.4 is 0 Å². The highest BCUT2D eigenvalue weighted by Gasteiger charge is 2.16. The molecule has 0 aliphatic heterocycles. The van der Waals surface area contributed by atoms with Crippen molar-refractivity contribution in [2.24, 2.45) is 9.98 Å². The van der Waals surface area contributed by atoms with Gasteiger partial charge >= 0.3 is 0 Å². The highest BCUT2D eigenvalue weighted by Crippen LogP contribution is 2.35. The van der Waals surface area contributed by atoms with Gasteiger partial charge in [0.25, 0.3) is 0 Å². The van der Waals surface area contributed by atoms with Crippen molar-refractivity contribution in [3.05, 3.63) is 119 Å². The third-order valence-corrected chi connectivity index (χ3v) is 5.97. The van der Waals surface area contributed by atoms with E-state index in [2.05, 4.69) is 9.98 Å². The normalized spacial score (nSPS) is 11.4. The van der Waals surface area contributed by atoms with Gasteiger partial charge in [-0.3, -0.25) is 0 Å². The summed E-state index contributed by atoms with van der Waals surface area (Å²) in [7, 11) is 0. The number of hydrogen-bond acceptors (Lipinski definition) is 6. The van der Waals surface area contributed by atoms with Crippen molar-refractivity contribution in [1.29, 1.82) is 0 Å². The van der Waals surface area contributed by atoms with Gasteiger partial charge in [-0.25, -0.2) is 20.0 Å². The van der Waals surface area contributed by atoms with E-state index in [0.717, 1.165) is 22.3 Å². The molecule has 0 unspecified atom stereocenters. The van der Waals surface area contributed by atoms with Crippen LogP contribution in [0.5, 0.6) is 11.5 Å². The minimum absolute atomic E-state index is 0.117. The second kappa shape index (κ2) is 10.9. The lowest BCUT2D eigenvalue weighted by atomic mass is 10.0. The first-order valence-electron chi connectivity index (χ1n) is 12.2. The number of aliphatic imine (C=N–C) groups is 2. The number of aromatic hydroxyl groups is 2. The topological polar surface area (TPSA) is 91.0 Å². The van der Waals surface area contributed by atoms with E-state index in [1.165, 1.54) is 0 Å². The lowest BCUT2D eigenvalue weighted by molar-refractivity contribution is 0.474. The Hall–Kier alpha value is -5.10. The van der Waals surface area contributed by atoms with Gasteiger partial charge < -0.3 is 10.2 Å². The van der Waals surface area contributed by atoms with Gasteiger partial charge in [0, 0.05) is 34.7 Å². The maximum Gasteiger partial charge on any atom is 0.198 e. The fourth-order valence-corrected chi connectivity index (χ4v) is 4.00. The Kier molecular flexibility index (Phi) is 7.04. The molecule has 1 heterocycles. The monoisotopic (exact) mass is 498 g/mol. The van der Waals surface area contributed by atoms with Crippen LogP contribution in [0.4, 0.5) is 11.6 Å². The Morgan fingerprint density at radius 3 is 1.34 bits per heavy atom. The molecule has 186 valence electrons. The summed E-state index contributed by atoms with van der Waals surface area (Å²) in [6.45, 7) is 3.89. The molecular formula is C32H26N4O2. The molecule has 0 saturated carbocycles. The Labute approximate surface area is 221 Å². The number of hydrogen-bond donors (Lipinski definition) is 2. The molecule has 0 bridgehead atoms. The Morgan fingerprint density at radius 1 is 0.553 bits per heavy atom. The number of rotatable bonds is 6. The van der Waals surface area contributed by atoms with Crippen LogP contribution in [0.2, 0.25) is 0 Å². The zero-order chi connectivity index (χ0) is 26.5. The van der Waals surface area contributed by atoms with Crippen LogP contribution in [0, 0.1) is 13.8 Å². The molecule has 0 spiro atoms. The van der Waals surface area contributed by atoms with E-state index >= 15 is 0 Å². The summed E-state index contributed by atoms with van der Waals surface area (Å²) in [5.41, 5.74) is 6.21. The number of nitrogens with zero attached hydrogens (tertiary/aromatic N) is 4. The minimum Gasteiger partial charge on any atom is -0.507 e. The number of phenolic OH excluding ortho intramolecular Hbond substituents is 2. The summed E-state index contributed by atoms with van der Waals surface area (Å²) in [6.07, 6.45) is 3.12. The van der Waals surface area contributed by atoms with Gasteiger partial charge in [-0.15, -0.1) is 0 Å². The van der Waals surface area contributed by atoms with Gasteiger partial charge in [0.2, 0.25) is 0 Å². The van der Waals surface area contributed by atoms with Crippen molar-refractivity contribution in [3.63, 3.8) is 0 Å². The first-order valence-corrected chi connectivity index (χ1v) is 12.2. The van der Waals surface area contributed by atoms with E-state index in [-0.39, 0.29) is 23.1 Å². The molecule has 2 N–H and O–H groups in total. The first kappa shape index (κ1) is 24.6. The average molecular weight is 499 g/mol. The Balaban J connectivity index is 1.71. The van der Waals surface area contributed by atoms with Crippen LogP contribution in [0.3, 0.4) is 0 Å². The van der Waals surface area contributed by atoms with Crippen molar-refractivity contribution in [2.75, 3.05) is 0 Å². The van der Waals surface area contributed by atoms with Gasteiger partial charge in [-0.05, 0) is 38.1 Å². The molecule has 0 radical (unpaired) electrons. The second-order valence-electron chi connectivity index (χ2n) is 8.94. The minimum atomic E-state index is 0.117. The van der Waals surface area contributed by atoms with Gasteiger partial charge in [-0.2, -0.15) is 0 Å². The first-order chi connectivity index (χ1) is 18.5. The molecule has 0 atom stereocenters. The van der Waals surface area contributed by atoms with Gasteiger partial charge in [0.1, 0.15) is 11.5 Å². The Bertz CT molecular complexity index is 1520. The quantitative estimate of drug-likeness (QED) is 0.240. The molecule has 0 saturated heterocycles. The summed E-state index contributed by atoms with van der Waals surface area (Å²) >= 11 is 0. The van der Waals surface area contributed by atoms with Crippen LogP contribution in [-0.4, -0.2) is 32.6 Å². The molecule has 0 amide bonds. The molecule has 6 nitrogen and oxygen atoms in total. The molecule has 4 aromatic carbocycles. The summed E-state index contributed by atoms with van der Waals surface area (Å²) < 4.78 is 0. The Morgan fingerprint density at radius 2 is 0.947 bits per heavy atom. The van der Waals surface area contributed by atoms with E-state index in [1.807, 2.05) is 98.8 Å². The molecule has 1 aromatic heterocycles. The maximum absolute atomic E-state index is 10.3. The predicted molar refractivity (Wildman–Crippen MR) is 153 cm³/mol. The highest BCUT2D eigenvalue weighted by atomic mass is 16.3. The maximum atomic E-state index is 10.3. The zero-order valence-corrected chi connectivity index (χ0v) is 21.1. The summed E-state index contributed by atoms with van der Waals surface area (Å²) in [5, 5.41) is 20.7. The number of aryl methyl sites for hydroxylation is 2. The van der Waals surface area contributed by atoms with Gasteiger partial charge in [-0.1, -0.05) is 83.9 Å². The molecule has 0 aliphatic rings. The standard InChI is InChI=1S/C32H26N4O2/c1-21-13-15-27(37)25(17-21)19-33-31-32(34-20-26-18-22(2)14-16-28(26)38)36-30(24-11-7-4-8-12-24)29(35-31)23-9-5-3-6-10-23/h3-20,37-38H,1-2H3. The van der Waals surface area contributed by atoms with E-state index in [1.54, 1.807) is 24.6 Å². The fourth-order valence-electron chi connectivity index (χ4n) is 4.00. The number of phenols is 2. The van der Waals surface area contributed by atoms with Crippen LogP contribution in [0.1, 0.15) is 22.3 Å². The lowest BCUT2D eigenvalue weighted by Crippen LogP contribution is -1.96. The molecule has 5 aromatic rings. The van der Waals surface area contributed by atoms with E-state index < -0.39 is 0 Å². The average Bonchev–Trinajstić information content (AvgIpc) is 2.95. The summed E-state index contributed by atoms with van der Waals surface area (Å²) in [6, 6.07) is 30.2. The summed E-state index contributed by atoms with van der Waals surface area (Å²) in [5.74, 6) is 0.804. The second-order valence-corrected chi connectivity index (χ2v) is 8.94. The molecule has 5 rings (SSSR count). The third-order valence-electron chi connectivity index (χ3n) is 5.97. The van der Waals surface area contributed by atoms with Crippen molar-refractivity contribution in [3.8, 4) is 34.0 Å². The molecular weight excluding hydrogens is 472 g/mol. The van der Waals surface area contributed by atoms with Crippen molar-refractivity contribution >= 4 is 24.1 Å². The van der Waals surface area contributed by atoms with Gasteiger partial charge in [0.15, 0.2) is 11.6 Å². The lowest BCUT2D eigenvalue weighted by Gasteiger charge is -2.11. The molecule has 0 fully saturated rings. The van der Waals surface area contributed by atoms with E-state index in [4.69, 9.17) is 9.97 Å².